The number of nitrogens with zero attached hydrogens (tertiary/aromatic N) is 1. The van der Waals surface area contributed by atoms with E-state index in [2.05, 4.69) is 0 Å². The van der Waals surface area contributed by atoms with Crippen LogP contribution in [0.1, 0.15) is 12.5 Å². The minimum absolute atomic E-state index is 0.0878. The Morgan fingerprint density at radius 2 is 2.00 bits per heavy atom. The lowest BCUT2D eigenvalue weighted by atomic mass is 10.1. The number of carbonyl (C=O) groups excluding carboxylic acids is 2. The van der Waals surface area contributed by atoms with Crippen LogP contribution in [0.5, 0.6) is 0 Å². The van der Waals surface area contributed by atoms with E-state index in [0.29, 0.717) is 6.07 Å². The average molecular weight is 339 g/mol. The van der Waals surface area contributed by atoms with Gasteiger partial charge in [-0.05, 0) is 25.1 Å². The summed E-state index contributed by atoms with van der Waals surface area (Å²) in [5, 5.41) is 10.6. The van der Waals surface area contributed by atoms with Gasteiger partial charge in [0.2, 0.25) is 0 Å². The number of carbonyl (C=O) groups is 2. The molecule has 2 amide bonds. The van der Waals surface area contributed by atoms with Gasteiger partial charge in [0.05, 0.1) is 17.9 Å². The second-order valence-electron chi connectivity index (χ2n) is 4.25. The molecule has 5 nitrogen and oxygen atoms in total. The maximum Gasteiger partial charge on any atom is 0.418 e. The summed E-state index contributed by atoms with van der Waals surface area (Å²) in [7, 11) is 0. The number of benzene rings is 1. The molecule has 1 aromatic rings. The molecule has 0 unspecified atom stereocenters. The van der Waals surface area contributed by atoms with Crippen LogP contribution in [0.3, 0.4) is 0 Å². The van der Waals surface area contributed by atoms with Gasteiger partial charge in [0, 0.05) is 18.1 Å². The lowest BCUT2D eigenvalue weighted by Gasteiger charge is -2.20. The minimum atomic E-state index is -4.73. The molecule has 0 aliphatic heterocycles. The fourth-order valence-corrected chi connectivity index (χ4v) is 1.88. The maximum absolute atomic E-state index is 12.9. The molecule has 0 heterocycles. The largest absolute Gasteiger partial charge is 0.418 e. The fourth-order valence-electron chi connectivity index (χ4n) is 1.70. The van der Waals surface area contributed by atoms with E-state index >= 15 is 0 Å². The third-order valence-electron chi connectivity index (χ3n) is 2.77. The minimum Gasteiger partial charge on any atom is -0.395 e. The Hall–Kier alpha value is -1.80. The summed E-state index contributed by atoms with van der Waals surface area (Å²) in [5.41, 5.74) is -1.71. The van der Waals surface area contributed by atoms with Crippen molar-refractivity contribution in [2.24, 2.45) is 0 Å². The first-order valence-electron chi connectivity index (χ1n) is 6.28. The van der Waals surface area contributed by atoms with Crippen LogP contribution in [0.4, 0.5) is 18.9 Å². The van der Waals surface area contributed by atoms with E-state index in [9.17, 15) is 22.8 Å². The summed E-state index contributed by atoms with van der Waals surface area (Å²) in [6, 6.07) is 2.80. The molecule has 2 N–H and O–H groups in total. The second kappa shape index (κ2) is 7.46. The Labute approximate surface area is 129 Å². The molecule has 9 heteroatoms. The Bertz CT molecular complexity index is 564. The third kappa shape index (κ3) is 4.60. The van der Waals surface area contributed by atoms with Crippen molar-refractivity contribution in [3.8, 4) is 0 Å². The van der Waals surface area contributed by atoms with Crippen molar-refractivity contribution in [2.45, 2.75) is 13.1 Å². The molecule has 0 saturated heterocycles. The summed E-state index contributed by atoms with van der Waals surface area (Å²) in [5.74, 6) is -2.25. The zero-order chi connectivity index (χ0) is 16.9. The monoisotopic (exact) mass is 338 g/mol. The van der Waals surface area contributed by atoms with Crippen molar-refractivity contribution < 1.29 is 27.9 Å². The van der Waals surface area contributed by atoms with Gasteiger partial charge < -0.3 is 15.3 Å². The number of hydrogen-bond donors (Lipinski definition) is 2. The van der Waals surface area contributed by atoms with Crippen molar-refractivity contribution in [3.05, 3.63) is 28.8 Å². The van der Waals surface area contributed by atoms with Crippen LogP contribution >= 0.6 is 11.6 Å². The highest BCUT2D eigenvalue weighted by molar-refractivity contribution is 6.39. The SMILES string of the molecule is CCN(CCO)C(=O)C(=O)Nc1ccc(Cl)cc1C(F)(F)F. The number of likely N-dealkylation sites (N-methyl/N-ethyl adjacent to an activating group) is 1. The highest BCUT2D eigenvalue weighted by atomic mass is 35.5. The molecule has 0 radical (unpaired) electrons. The first-order chi connectivity index (χ1) is 10.2. The normalized spacial score (nSPS) is 11.2. The molecular formula is C13H14ClF3N2O3. The Morgan fingerprint density at radius 3 is 2.50 bits per heavy atom. The second-order valence-corrected chi connectivity index (χ2v) is 4.69. The number of halogens is 4. The third-order valence-corrected chi connectivity index (χ3v) is 3.00. The van der Waals surface area contributed by atoms with Crippen molar-refractivity contribution in [2.75, 3.05) is 25.0 Å². The van der Waals surface area contributed by atoms with E-state index < -0.39 is 29.2 Å². The molecule has 22 heavy (non-hydrogen) atoms. The predicted octanol–water partition coefficient (Wildman–Crippen LogP) is 2.14. The number of aliphatic hydroxyl groups excluding tert-OH is 1. The molecule has 0 aliphatic carbocycles. The van der Waals surface area contributed by atoms with E-state index in [1.54, 1.807) is 6.92 Å². The first-order valence-corrected chi connectivity index (χ1v) is 6.66. The maximum atomic E-state index is 12.9. The lowest BCUT2D eigenvalue weighted by Crippen LogP contribution is -2.41. The van der Waals surface area contributed by atoms with Crippen molar-refractivity contribution in [1.29, 1.82) is 0 Å². The zero-order valence-electron chi connectivity index (χ0n) is 11.6. The molecule has 0 atom stereocenters. The number of hydrogen-bond acceptors (Lipinski definition) is 3. The molecule has 0 bridgehead atoms. The number of alkyl halides is 3. The van der Waals surface area contributed by atoms with Crippen LogP contribution < -0.4 is 5.32 Å². The standard InChI is InChI=1S/C13H14ClF3N2O3/c1-2-19(5-6-20)12(22)11(21)18-10-4-3-8(14)7-9(10)13(15,16)17/h3-4,7,20H,2,5-6H2,1H3,(H,18,21). The summed E-state index contributed by atoms with van der Waals surface area (Å²) in [6.07, 6.45) is -4.73. The number of amides is 2. The number of aliphatic hydroxyl groups is 1. The van der Waals surface area contributed by atoms with Crippen molar-refractivity contribution in [1.82, 2.24) is 4.90 Å². The molecular weight excluding hydrogens is 325 g/mol. The summed E-state index contributed by atoms with van der Waals surface area (Å²) >= 11 is 5.52. The highest BCUT2D eigenvalue weighted by Crippen LogP contribution is 2.36. The molecule has 122 valence electrons. The van der Waals surface area contributed by atoms with Crippen LogP contribution in [0.15, 0.2) is 18.2 Å². The van der Waals surface area contributed by atoms with Crippen LogP contribution in [0.2, 0.25) is 5.02 Å². The molecule has 1 rings (SSSR count). The van der Waals surface area contributed by atoms with Gasteiger partial charge in [-0.3, -0.25) is 9.59 Å². The Morgan fingerprint density at radius 1 is 1.36 bits per heavy atom. The molecule has 0 aromatic heterocycles. The summed E-state index contributed by atoms with van der Waals surface area (Å²) in [4.78, 5) is 24.6. The van der Waals surface area contributed by atoms with E-state index in [-0.39, 0.29) is 24.7 Å². The Kier molecular flexibility index (Phi) is 6.19. The quantitative estimate of drug-likeness (QED) is 0.826. The van der Waals surface area contributed by atoms with Gasteiger partial charge in [-0.1, -0.05) is 11.6 Å². The fraction of sp³-hybridized carbons (Fsp3) is 0.385. The lowest BCUT2D eigenvalue weighted by molar-refractivity contribution is -0.143. The van der Waals surface area contributed by atoms with Gasteiger partial charge in [-0.25, -0.2) is 0 Å². The summed E-state index contributed by atoms with van der Waals surface area (Å²) < 4.78 is 38.7. The smallest absolute Gasteiger partial charge is 0.395 e. The van der Waals surface area contributed by atoms with Crippen molar-refractivity contribution in [3.63, 3.8) is 0 Å². The topological polar surface area (TPSA) is 69.6 Å². The molecule has 0 fully saturated rings. The predicted molar refractivity (Wildman–Crippen MR) is 74.4 cm³/mol. The van der Waals surface area contributed by atoms with Crippen LogP contribution in [-0.4, -0.2) is 41.5 Å². The van der Waals surface area contributed by atoms with E-state index in [4.69, 9.17) is 16.7 Å². The molecule has 0 saturated carbocycles. The van der Waals surface area contributed by atoms with E-state index in [1.807, 2.05) is 5.32 Å². The highest BCUT2D eigenvalue weighted by Gasteiger charge is 2.35. The number of rotatable bonds is 4. The summed E-state index contributed by atoms with van der Waals surface area (Å²) in [6.45, 7) is 1.26. The van der Waals surface area contributed by atoms with Crippen molar-refractivity contribution >= 4 is 29.1 Å². The van der Waals surface area contributed by atoms with E-state index in [0.717, 1.165) is 11.0 Å². The number of anilines is 1. The van der Waals surface area contributed by atoms with Gasteiger partial charge >= 0.3 is 18.0 Å². The van der Waals surface area contributed by atoms with Gasteiger partial charge in [0.15, 0.2) is 0 Å². The van der Waals surface area contributed by atoms with Gasteiger partial charge in [0.1, 0.15) is 0 Å². The van der Waals surface area contributed by atoms with Crippen LogP contribution in [0, 0.1) is 0 Å². The number of nitrogens with one attached hydrogen (secondary N) is 1. The van der Waals surface area contributed by atoms with Gasteiger partial charge in [-0.2, -0.15) is 13.2 Å². The molecule has 0 spiro atoms. The van der Waals surface area contributed by atoms with Gasteiger partial charge in [0.25, 0.3) is 0 Å². The zero-order valence-corrected chi connectivity index (χ0v) is 12.3. The average Bonchev–Trinajstić information content (AvgIpc) is 2.44. The van der Waals surface area contributed by atoms with E-state index in [1.165, 1.54) is 6.07 Å². The van der Waals surface area contributed by atoms with Crippen LogP contribution in [0.25, 0.3) is 0 Å². The molecule has 0 aliphatic rings. The first kappa shape index (κ1) is 18.2. The Balaban J connectivity index is 3.00. The molecule has 1 aromatic carbocycles. The van der Waals surface area contributed by atoms with Gasteiger partial charge in [-0.15, -0.1) is 0 Å². The van der Waals surface area contributed by atoms with Crippen LogP contribution in [-0.2, 0) is 15.8 Å².